The molecule has 0 saturated heterocycles. The second-order valence-electron chi connectivity index (χ2n) is 6.99. The van der Waals surface area contributed by atoms with Crippen molar-refractivity contribution in [2.45, 2.75) is 41.0 Å². The third-order valence-corrected chi connectivity index (χ3v) is 5.48. The topological polar surface area (TPSA) is 69.7 Å². The third kappa shape index (κ3) is 2.65. The van der Waals surface area contributed by atoms with Gasteiger partial charge in [0.25, 0.3) is 0 Å². The largest absolute Gasteiger partial charge is 0.465 e. The van der Waals surface area contributed by atoms with Gasteiger partial charge >= 0.3 is 11.9 Å². The van der Waals surface area contributed by atoms with Gasteiger partial charge in [-0.3, -0.25) is 14.4 Å². The van der Waals surface area contributed by atoms with Crippen LogP contribution in [0.5, 0.6) is 0 Å². The second kappa shape index (κ2) is 7.60. The highest BCUT2D eigenvalue weighted by atomic mass is 16.6. The third-order valence-electron chi connectivity index (χ3n) is 5.48. The lowest BCUT2D eigenvalue weighted by Gasteiger charge is -2.21. The van der Waals surface area contributed by atoms with Gasteiger partial charge in [-0.05, 0) is 26.2 Å². The number of rotatable bonds is 8. The zero-order valence-corrected chi connectivity index (χ0v) is 16.2. The quantitative estimate of drug-likeness (QED) is 0.402. The molecule has 0 aromatic heterocycles. The zero-order chi connectivity index (χ0) is 19.5. The van der Waals surface area contributed by atoms with Gasteiger partial charge in [0.1, 0.15) is 0 Å². The molecule has 5 nitrogen and oxygen atoms in total. The van der Waals surface area contributed by atoms with Crippen molar-refractivity contribution in [2.75, 3.05) is 13.2 Å². The van der Waals surface area contributed by atoms with E-state index in [4.69, 9.17) is 9.47 Å². The van der Waals surface area contributed by atoms with Crippen LogP contribution < -0.4 is 0 Å². The van der Waals surface area contributed by atoms with E-state index in [-0.39, 0.29) is 24.9 Å². The van der Waals surface area contributed by atoms with Gasteiger partial charge in [-0.2, -0.15) is 0 Å². The lowest BCUT2D eigenvalue weighted by molar-refractivity contribution is -0.167. The Labute approximate surface area is 155 Å². The summed E-state index contributed by atoms with van der Waals surface area (Å²) in [5.74, 6) is -2.01. The van der Waals surface area contributed by atoms with Crippen molar-refractivity contribution >= 4 is 17.7 Å². The van der Waals surface area contributed by atoms with Crippen molar-refractivity contribution in [1.29, 1.82) is 0 Å². The van der Waals surface area contributed by atoms with Crippen LogP contribution in [0.2, 0.25) is 0 Å². The number of carbonyl (C=O) groups excluding carboxylic acids is 3. The summed E-state index contributed by atoms with van der Waals surface area (Å²) in [7, 11) is 0. The van der Waals surface area contributed by atoms with Crippen LogP contribution in [0, 0.1) is 22.7 Å². The van der Waals surface area contributed by atoms with Gasteiger partial charge in [-0.25, -0.2) is 0 Å². The molecule has 0 unspecified atom stereocenters. The SMILES string of the molecule is CCOC(=O)C1(C(=O)OCC)[C@H](C(C)C)[C@]1(CC)C(=O)c1ccccc1. The minimum Gasteiger partial charge on any atom is -0.465 e. The zero-order valence-electron chi connectivity index (χ0n) is 16.2. The van der Waals surface area contributed by atoms with E-state index in [1.807, 2.05) is 26.8 Å². The van der Waals surface area contributed by atoms with Gasteiger partial charge in [0.15, 0.2) is 11.2 Å². The Morgan fingerprint density at radius 2 is 1.46 bits per heavy atom. The van der Waals surface area contributed by atoms with Gasteiger partial charge in [-0.1, -0.05) is 51.1 Å². The smallest absolute Gasteiger partial charge is 0.324 e. The number of esters is 2. The number of ketones is 1. The standard InChI is InChI=1S/C21H28O5/c1-6-20(17(22)15-12-10-9-11-13-15)16(14(4)5)21(20,18(23)25-7-2)19(24)26-8-3/h9-14,16H,6-8H2,1-5H3/t16-,20-/m1/s1. The molecule has 1 aliphatic carbocycles. The van der Waals surface area contributed by atoms with E-state index >= 15 is 0 Å². The normalized spacial score (nSPS) is 23.4. The van der Waals surface area contributed by atoms with E-state index in [0.717, 1.165) is 0 Å². The molecule has 0 aliphatic heterocycles. The molecule has 1 saturated carbocycles. The van der Waals surface area contributed by atoms with Crippen molar-refractivity contribution in [3.05, 3.63) is 35.9 Å². The first-order valence-electron chi connectivity index (χ1n) is 9.30. The number of benzene rings is 1. The Morgan fingerprint density at radius 3 is 1.85 bits per heavy atom. The molecule has 0 bridgehead atoms. The van der Waals surface area contributed by atoms with E-state index < -0.39 is 28.7 Å². The molecule has 0 spiro atoms. The van der Waals surface area contributed by atoms with Gasteiger partial charge in [0.05, 0.1) is 18.6 Å². The predicted octanol–water partition coefficient (Wildman–Crippen LogP) is 3.66. The first kappa shape index (κ1) is 20.1. The first-order chi connectivity index (χ1) is 12.4. The molecule has 0 radical (unpaired) electrons. The maximum absolute atomic E-state index is 13.5. The highest BCUT2D eigenvalue weighted by Gasteiger charge is 2.88. The minimum atomic E-state index is -1.57. The summed E-state index contributed by atoms with van der Waals surface area (Å²) in [5.41, 5.74) is -2.22. The van der Waals surface area contributed by atoms with E-state index in [9.17, 15) is 14.4 Å². The van der Waals surface area contributed by atoms with Crippen LogP contribution in [0.1, 0.15) is 51.4 Å². The van der Waals surface area contributed by atoms with E-state index in [1.54, 1.807) is 38.1 Å². The molecular formula is C21H28O5. The molecule has 26 heavy (non-hydrogen) atoms. The molecule has 142 valence electrons. The van der Waals surface area contributed by atoms with Crippen molar-refractivity contribution in [3.63, 3.8) is 0 Å². The van der Waals surface area contributed by atoms with Gasteiger partial charge < -0.3 is 9.47 Å². The van der Waals surface area contributed by atoms with Crippen LogP contribution in [0.15, 0.2) is 30.3 Å². The molecule has 1 aliphatic rings. The van der Waals surface area contributed by atoms with E-state index in [1.165, 1.54) is 0 Å². The Bertz CT molecular complexity index is 661. The van der Waals surface area contributed by atoms with Crippen LogP contribution in [-0.4, -0.2) is 30.9 Å². The fourth-order valence-corrected chi connectivity index (χ4v) is 4.65. The Kier molecular flexibility index (Phi) is 5.89. The van der Waals surface area contributed by atoms with Crippen LogP contribution in [0.3, 0.4) is 0 Å². The fraction of sp³-hybridized carbons (Fsp3) is 0.571. The van der Waals surface area contributed by atoms with Crippen molar-refractivity contribution in [3.8, 4) is 0 Å². The fourth-order valence-electron chi connectivity index (χ4n) is 4.65. The summed E-state index contributed by atoms with van der Waals surface area (Å²) in [6.45, 7) is 9.36. The summed E-state index contributed by atoms with van der Waals surface area (Å²) in [6, 6.07) is 8.82. The van der Waals surface area contributed by atoms with Crippen LogP contribution in [0.4, 0.5) is 0 Å². The molecule has 5 heteroatoms. The molecule has 2 atom stereocenters. The minimum absolute atomic E-state index is 0.0589. The van der Waals surface area contributed by atoms with Gasteiger partial charge in [0.2, 0.25) is 0 Å². The Hall–Kier alpha value is -2.17. The monoisotopic (exact) mass is 360 g/mol. The summed E-state index contributed by atoms with van der Waals surface area (Å²) in [6.07, 6.45) is 0.362. The van der Waals surface area contributed by atoms with Crippen molar-refractivity contribution < 1.29 is 23.9 Å². The number of hydrogen-bond donors (Lipinski definition) is 0. The van der Waals surface area contributed by atoms with E-state index in [0.29, 0.717) is 12.0 Å². The first-order valence-corrected chi connectivity index (χ1v) is 9.30. The lowest BCUT2D eigenvalue weighted by Crippen LogP contribution is -2.38. The molecule has 0 heterocycles. The number of carbonyl (C=O) groups is 3. The van der Waals surface area contributed by atoms with Crippen LogP contribution in [0.25, 0.3) is 0 Å². The van der Waals surface area contributed by atoms with Crippen molar-refractivity contribution in [2.24, 2.45) is 22.7 Å². The summed E-state index contributed by atoms with van der Waals surface area (Å²) < 4.78 is 10.5. The molecule has 0 amide bonds. The number of ether oxygens (including phenoxy) is 2. The molecular weight excluding hydrogens is 332 g/mol. The molecule has 0 N–H and O–H groups in total. The Morgan fingerprint density at radius 1 is 0.962 bits per heavy atom. The van der Waals surface area contributed by atoms with Crippen LogP contribution in [-0.2, 0) is 19.1 Å². The van der Waals surface area contributed by atoms with E-state index in [2.05, 4.69) is 0 Å². The summed E-state index contributed by atoms with van der Waals surface area (Å²) >= 11 is 0. The predicted molar refractivity (Wildman–Crippen MR) is 97.5 cm³/mol. The maximum Gasteiger partial charge on any atom is 0.324 e. The second-order valence-corrected chi connectivity index (χ2v) is 6.99. The maximum atomic E-state index is 13.5. The molecule has 1 aromatic carbocycles. The van der Waals surface area contributed by atoms with Crippen molar-refractivity contribution in [1.82, 2.24) is 0 Å². The van der Waals surface area contributed by atoms with Gasteiger partial charge in [-0.15, -0.1) is 0 Å². The summed E-state index contributed by atoms with van der Waals surface area (Å²) in [4.78, 5) is 39.5. The highest BCUT2D eigenvalue weighted by molar-refractivity contribution is 6.17. The average Bonchev–Trinajstić information content (AvgIpc) is 3.28. The molecule has 2 rings (SSSR count). The lowest BCUT2D eigenvalue weighted by atomic mass is 9.82. The highest BCUT2D eigenvalue weighted by Crippen LogP contribution is 2.75. The molecule has 1 aromatic rings. The number of hydrogen-bond acceptors (Lipinski definition) is 5. The van der Waals surface area contributed by atoms with Crippen LogP contribution >= 0.6 is 0 Å². The average molecular weight is 360 g/mol. The van der Waals surface area contributed by atoms with Gasteiger partial charge in [0, 0.05) is 11.5 Å². The number of Topliss-reactive ketones (excluding diaryl/α,β-unsaturated/α-hetero) is 1. The Balaban J connectivity index is 2.65. The molecule has 1 fully saturated rings. The summed E-state index contributed by atoms with van der Waals surface area (Å²) in [5, 5.41) is 0.